The van der Waals surface area contributed by atoms with Crippen LogP contribution < -0.4 is 5.73 Å². The number of rotatable bonds is 4. The minimum Gasteiger partial charge on any atom is -0.380 e. The normalized spacial score (nSPS) is 12.9. The average Bonchev–Trinajstić information content (AvgIpc) is 2.18. The van der Waals surface area contributed by atoms with Crippen molar-refractivity contribution in [1.82, 2.24) is 0 Å². The number of hydrogen-bond acceptors (Lipinski definition) is 2. The average molecular weight is 279 g/mol. The lowest BCUT2D eigenvalue weighted by Crippen LogP contribution is -2.17. The Morgan fingerprint density at radius 1 is 1.57 bits per heavy atom. The Morgan fingerprint density at radius 2 is 2.29 bits per heavy atom. The Hall–Kier alpha value is -0.0900. The summed E-state index contributed by atoms with van der Waals surface area (Å²) in [6.45, 7) is 3.13. The fourth-order valence-electron chi connectivity index (χ4n) is 1.13. The van der Waals surface area contributed by atoms with Gasteiger partial charge >= 0.3 is 0 Å². The van der Waals surface area contributed by atoms with Crippen molar-refractivity contribution < 1.29 is 4.74 Å². The van der Waals surface area contributed by atoms with Crippen LogP contribution in [0.3, 0.4) is 0 Å². The highest BCUT2D eigenvalue weighted by atomic mass is 79.9. The van der Waals surface area contributed by atoms with Gasteiger partial charge < -0.3 is 10.5 Å². The summed E-state index contributed by atoms with van der Waals surface area (Å²) >= 11 is 9.31. The fraction of sp³-hybridized carbons (Fsp3) is 0.400. The van der Waals surface area contributed by atoms with Crippen molar-refractivity contribution >= 4 is 27.5 Å². The molecule has 0 radical (unpaired) electrons. The quantitative estimate of drug-likeness (QED) is 0.918. The Morgan fingerprint density at radius 3 is 2.93 bits per heavy atom. The minimum absolute atomic E-state index is 0.136. The van der Waals surface area contributed by atoms with Gasteiger partial charge in [-0.3, -0.25) is 0 Å². The molecule has 1 rings (SSSR count). The summed E-state index contributed by atoms with van der Waals surface area (Å²) in [5.41, 5.74) is 6.91. The molecule has 1 aromatic carbocycles. The van der Waals surface area contributed by atoms with Gasteiger partial charge in [-0.25, -0.2) is 0 Å². The molecule has 1 aromatic rings. The number of nitrogens with two attached hydrogens (primary N) is 1. The van der Waals surface area contributed by atoms with Gasteiger partial charge in [-0.2, -0.15) is 0 Å². The third kappa shape index (κ3) is 3.24. The second kappa shape index (κ2) is 5.71. The molecule has 78 valence electrons. The SMILES string of the molecule is CCOCC(N)c1cc(Cl)ccc1Br. The lowest BCUT2D eigenvalue weighted by molar-refractivity contribution is 0.133. The van der Waals surface area contributed by atoms with E-state index in [0.717, 1.165) is 10.0 Å². The number of ether oxygens (including phenoxy) is 1. The molecule has 0 spiro atoms. The van der Waals surface area contributed by atoms with Gasteiger partial charge in [0.1, 0.15) is 0 Å². The van der Waals surface area contributed by atoms with Crippen molar-refractivity contribution in [2.24, 2.45) is 5.73 Å². The van der Waals surface area contributed by atoms with Crippen LogP contribution in [0.4, 0.5) is 0 Å². The summed E-state index contributed by atoms with van der Waals surface area (Å²) < 4.78 is 6.22. The molecule has 1 atom stereocenters. The third-order valence-corrected chi connectivity index (χ3v) is 2.82. The highest BCUT2D eigenvalue weighted by Gasteiger charge is 2.10. The van der Waals surface area contributed by atoms with Gasteiger partial charge in [0.25, 0.3) is 0 Å². The van der Waals surface area contributed by atoms with Crippen LogP contribution in [0.1, 0.15) is 18.5 Å². The second-order valence-corrected chi connectivity index (χ2v) is 4.22. The molecule has 4 heteroatoms. The summed E-state index contributed by atoms with van der Waals surface area (Å²) in [4.78, 5) is 0. The van der Waals surface area contributed by atoms with Gasteiger partial charge in [0.2, 0.25) is 0 Å². The number of halogens is 2. The monoisotopic (exact) mass is 277 g/mol. The summed E-state index contributed by atoms with van der Waals surface area (Å²) in [6.07, 6.45) is 0. The van der Waals surface area contributed by atoms with Gasteiger partial charge in [0.05, 0.1) is 12.6 Å². The molecule has 0 saturated carbocycles. The van der Waals surface area contributed by atoms with Crippen LogP contribution in [-0.2, 0) is 4.74 Å². The first-order valence-corrected chi connectivity index (χ1v) is 5.60. The van der Waals surface area contributed by atoms with Crippen molar-refractivity contribution in [3.63, 3.8) is 0 Å². The van der Waals surface area contributed by atoms with Crippen LogP contribution in [0, 0.1) is 0 Å². The standard InChI is InChI=1S/C10H13BrClNO/c1-2-14-6-10(13)8-5-7(12)3-4-9(8)11/h3-5,10H,2,6,13H2,1H3. The van der Waals surface area contributed by atoms with Crippen molar-refractivity contribution in [3.05, 3.63) is 33.3 Å². The van der Waals surface area contributed by atoms with Crippen LogP contribution in [-0.4, -0.2) is 13.2 Å². The Balaban J connectivity index is 2.77. The molecule has 0 saturated heterocycles. The zero-order chi connectivity index (χ0) is 10.6. The maximum absolute atomic E-state index is 5.94. The predicted octanol–water partition coefficient (Wildman–Crippen LogP) is 3.14. The Kier molecular flexibility index (Phi) is 4.89. The molecule has 0 aliphatic rings. The van der Waals surface area contributed by atoms with Gasteiger partial charge in [-0.1, -0.05) is 27.5 Å². The molecular formula is C10H13BrClNO. The minimum atomic E-state index is -0.136. The van der Waals surface area contributed by atoms with E-state index in [9.17, 15) is 0 Å². The summed E-state index contributed by atoms with van der Waals surface area (Å²) in [5.74, 6) is 0. The summed E-state index contributed by atoms with van der Waals surface area (Å²) in [7, 11) is 0. The third-order valence-electron chi connectivity index (χ3n) is 1.86. The van der Waals surface area contributed by atoms with Crippen LogP contribution >= 0.6 is 27.5 Å². The molecule has 1 unspecified atom stereocenters. The largest absolute Gasteiger partial charge is 0.380 e. The number of benzene rings is 1. The van der Waals surface area contributed by atoms with Crippen LogP contribution in [0.2, 0.25) is 5.02 Å². The van der Waals surface area contributed by atoms with Gasteiger partial charge in [0.15, 0.2) is 0 Å². The Labute approximate surface area is 97.5 Å². The molecule has 0 aliphatic carbocycles. The first-order valence-electron chi connectivity index (χ1n) is 4.43. The molecule has 0 bridgehead atoms. The van der Waals surface area contributed by atoms with E-state index in [1.54, 1.807) is 0 Å². The highest BCUT2D eigenvalue weighted by Crippen LogP contribution is 2.25. The maximum Gasteiger partial charge on any atom is 0.0659 e. The molecule has 0 aliphatic heterocycles. The second-order valence-electron chi connectivity index (χ2n) is 2.93. The van der Waals surface area contributed by atoms with Gasteiger partial charge in [-0.05, 0) is 30.7 Å². The van der Waals surface area contributed by atoms with Gasteiger partial charge in [-0.15, -0.1) is 0 Å². The van der Waals surface area contributed by atoms with Crippen LogP contribution in [0.25, 0.3) is 0 Å². The lowest BCUT2D eigenvalue weighted by Gasteiger charge is -2.13. The van der Waals surface area contributed by atoms with Crippen molar-refractivity contribution in [2.75, 3.05) is 13.2 Å². The van der Waals surface area contributed by atoms with E-state index in [1.807, 2.05) is 25.1 Å². The molecule has 0 heterocycles. The Bertz CT molecular complexity index is 306. The summed E-state index contributed by atoms with van der Waals surface area (Å²) in [5, 5.41) is 0.690. The molecule has 2 nitrogen and oxygen atoms in total. The highest BCUT2D eigenvalue weighted by molar-refractivity contribution is 9.10. The van der Waals surface area contributed by atoms with Crippen molar-refractivity contribution in [1.29, 1.82) is 0 Å². The zero-order valence-electron chi connectivity index (χ0n) is 7.97. The van der Waals surface area contributed by atoms with E-state index < -0.39 is 0 Å². The van der Waals surface area contributed by atoms with Gasteiger partial charge in [0, 0.05) is 16.1 Å². The smallest absolute Gasteiger partial charge is 0.0659 e. The van der Waals surface area contributed by atoms with Crippen molar-refractivity contribution in [3.8, 4) is 0 Å². The van der Waals surface area contributed by atoms with E-state index in [-0.39, 0.29) is 6.04 Å². The molecule has 0 fully saturated rings. The topological polar surface area (TPSA) is 35.2 Å². The predicted molar refractivity (Wildman–Crippen MR) is 62.6 cm³/mol. The first kappa shape index (κ1) is 12.0. The van der Waals surface area contributed by atoms with E-state index in [4.69, 9.17) is 22.1 Å². The van der Waals surface area contributed by atoms with E-state index >= 15 is 0 Å². The van der Waals surface area contributed by atoms with E-state index in [0.29, 0.717) is 18.2 Å². The molecule has 14 heavy (non-hydrogen) atoms. The molecule has 0 amide bonds. The maximum atomic E-state index is 5.94. The lowest BCUT2D eigenvalue weighted by atomic mass is 10.1. The van der Waals surface area contributed by atoms with E-state index in [2.05, 4.69) is 15.9 Å². The van der Waals surface area contributed by atoms with E-state index in [1.165, 1.54) is 0 Å². The van der Waals surface area contributed by atoms with Crippen LogP contribution in [0.5, 0.6) is 0 Å². The zero-order valence-corrected chi connectivity index (χ0v) is 10.3. The fourth-order valence-corrected chi connectivity index (χ4v) is 1.85. The van der Waals surface area contributed by atoms with Crippen molar-refractivity contribution in [2.45, 2.75) is 13.0 Å². The van der Waals surface area contributed by atoms with Crippen LogP contribution in [0.15, 0.2) is 22.7 Å². The molecule has 2 N–H and O–H groups in total. The molecule has 0 aromatic heterocycles. The summed E-state index contributed by atoms with van der Waals surface area (Å²) in [6, 6.07) is 5.43. The number of hydrogen-bond donors (Lipinski definition) is 1. The first-order chi connectivity index (χ1) is 6.65. The molecular weight excluding hydrogens is 265 g/mol.